The number of hydrogen-bond acceptors (Lipinski definition) is 4. The van der Waals surface area contributed by atoms with E-state index in [1.807, 2.05) is 55.5 Å². The minimum absolute atomic E-state index is 0.105. The van der Waals surface area contributed by atoms with E-state index < -0.39 is 0 Å². The third-order valence-corrected chi connectivity index (χ3v) is 5.44. The van der Waals surface area contributed by atoms with Crippen LogP contribution >= 0.6 is 15.9 Å². The SMILES string of the molecule is CC(c1ccc(-n2cncn2)cc1)N(C)C(=O)c1cc(-c2ccc(Br)cc2)n[nH]1. The topological polar surface area (TPSA) is 79.7 Å². The van der Waals surface area contributed by atoms with Gasteiger partial charge in [0.1, 0.15) is 18.3 Å². The predicted octanol–water partition coefficient (Wildman–Crippen LogP) is 4.25. The van der Waals surface area contributed by atoms with Crippen LogP contribution in [0.5, 0.6) is 0 Å². The van der Waals surface area contributed by atoms with E-state index in [0.29, 0.717) is 5.69 Å². The van der Waals surface area contributed by atoms with Gasteiger partial charge in [0.05, 0.1) is 17.4 Å². The Morgan fingerprint density at radius 2 is 1.86 bits per heavy atom. The summed E-state index contributed by atoms with van der Waals surface area (Å²) >= 11 is 3.42. The minimum atomic E-state index is -0.117. The predicted molar refractivity (Wildman–Crippen MR) is 114 cm³/mol. The van der Waals surface area contributed by atoms with Crippen LogP contribution in [0.4, 0.5) is 0 Å². The summed E-state index contributed by atoms with van der Waals surface area (Å²) in [5.41, 5.74) is 4.08. The van der Waals surface area contributed by atoms with Crippen molar-refractivity contribution in [3.05, 3.63) is 83.0 Å². The number of benzene rings is 2. The Bertz CT molecular complexity index is 1100. The standard InChI is InChI=1S/C21H19BrN6O/c1-14(15-5-9-18(10-6-15)28-13-23-12-24-28)27(2)21(29)20-11-19(25-26-20)16-3-7-17(22)8-4-16/h3-14H,1-2H3,(H,25,26). The van der Waals surface area contributed by atoms with Crippen molar-refractivity contribution in [3.63, 3.8) is 0 Å². The molecule has 1 amide bonds. The highest BCUT2D eigenvalue weighted by Gasteiger charge is 2.21. The number of carbonyl (C=O) groups excluding carboxylic acids is 1. The van der Waals surface area contributed by atoms with Crippen LogP contribution in [0.1, 0.15) is 29.0 Å². The summed E-state index contributed by atoms with van der Waals surface area (Å²) in [5, 5.41) is 11.3. The van der Waals surface area contributed by atoms with Crippen LogP contribution in [-0.2, 0) is 0 Å². The lowest BCUT2D eigenvalue weighted by Gasteiger charge is -2.25. The summed E-state index contributed by atoms with van der Waals surface area (Å²) in [6, 6.07) is 17.4. The summed E-state index contributed by atoms with van der Waals surface area (Å²) in [4.78, 5) is 18.6. The van der Waals surface area contributed by atoms with Crippen LogP contribution in [0, 0.1) is 0 Å². The maximum absolute atomic E-state index is 12.9. The Labute approximate surface area is 176 Å². The number of rotatable bonds is 5. The number of carbonyl (C=O) groups is 1. The number of H-pyrrole nitrogens is 1. The Morgan fingerprint density at radius 3 is 2.52 bits per heavy atom. The smallest absolute Gasteiger partial charge is 0.272 e. The third kappa shape index (κ3) is 3.97. The molecule has 0 radical (unpaired) electrons. The van der Waals surface area contributed by atoms with Crippen LogP contribution in [0.2, 0.25) is 0 Å². The molecule has 0 saturated heterocycles. The van der Waals surface area contributed by atoms with Crippen LogP contribution in [-0.4, -0.2) is 42.8 Å². The highest BCUT2D eigenvalue weighted by molar-refractivity contribution is 9.10. The molecule has 0 fully saturated rings. The second kappa shape index (κ2) is 8.00. The minimum Gasteiger partial charge on any atom is -0.334 e. The Kier molecular flexibility index (Phi) is 5.26. The van der Waals surface area contributed by atoms with Crippen molar-refractivity contribution < 1.29 is 4.79 Å². The van der Waals surface area contributed by atoms with E-state index >= 15 is 0 Å². The first-order valence-electron chi connectivity index (χ1n) is 9.06. The first kappa shape index (κ1) is 19.1. The highest BCUT2D eigenvalue weighted by atomic mass is 79.9. The van der Waals surface area contributed by atoms with Crippen LogP contribution < -0.4 is 0 Å². The van der Waals surface area contributed by atoms with Gasteiger partial charge in [0.2, 0.25) is 0 Å². The molecule has 2 aromatic carbocycles. The fourth-order valence-electron chi connectivity index (χ4n) is 3.04. The molecule has 1 unspecified atom stereocenters. The fourth-order valence-corrected chi connectivity index (χ4v) is 3.30. The molecule has 0 spiro atoms. The molecule has 146 valence electrons. The molecule has 0 bridgehead atoms. The van der Waals surface area contributed by atoms with Gasteiger partial charge in [-0.25, -0.2) is 9.67 Å². The van der Waals surface area contributed by atoms with Crippen LogP contribution in [0.15, 0.2) is 71.7 Å². The second-order valence-electron chi connectivity index (χ2n) is 6.70. The zero-order valence-electron chi connectivity index (χ0n) is 16.0. The quantitative estimate of drug-likeness (QED) is 0.492. The van der Waals surface area contributed by atoms with E-state index in [0.717, 1.165) is 27.0 Å². The van der Waals surface area contributed by atoms with Crippen LogP contribution in [0.25, 0.3) is 16.9 Å². The van der Waals surface area contributed by atoms with Gasteiger partial charge in [0.25, 0.3) is 5.91 Å². The summed E-state index contributed by atoms with van der Waals surface area (Å²) in [5.74, 6) is -0.117. The average Bonchev–Trinajstić information content (AvgIpc) is 3.45. The van der Waals surface area contributed by atoms with E-state index in [1.165, 1.54) is 6.33 Å². The van der Waals surface area contributed by atoms with Crippen molar-refractivity contribution in [2.45, 2.75) is 13.0 Å². The number of aromatic amines is 1. The van der Waals surface area contributed by atoms with Crippen molar-refractivity contribution in [1.29, 1.82) is 0 Å². The van der Waals surface area contributed by atoms with E-state index in [1.54, 1.807) is 29.0 Å². The zero-order valence-corrected chi connectivity index (χ0v) is 17.5. The lowest BCUT2D eigenvalue weighted by Crippen LogP contribution is -2.30. The molecule has 1 atom stereocenters. The number of hydrogen-bond donors (Lipinski definition) is 1. The molecule has 7 nitrogen and oxygen atoms in total. The molecule has 8 heteroatoms. The highest BCUT2D eigenvalue weighted by Crippen LogP contribution is 2.24. The van der Waals surface area contributed by atoms with Gasteiger partial charge in [-0.1, -0.05) is 40.2 Å². The first-order chi connectivity index (χ1) is 14.0. The van der Waals surface area contributed by atoms with Gasteiger partial charge in [-0.2, -0.15) is 10.2 Å². The van der Waals surface area contributed by atoms with Gasteiger partial charge in [0, 0.05) is 17.1 Å². The molecule has 0 aliphatic heterocycles. The molecule has 0 aliphatic rings. The number of aromatic nitrogens is 5. The van der Waals surface area contributed by atoms with Gasteiger partial charge in [-0.15, -0.1) is 0 Å². The van der Waals surface area contributed by atoms with Gasteiger partial charge < -0.3 is 4.90 Å². The number of halogens is 1. The molecule has 2 aromatic heterocycles. The monoisotopic (exact) mass is 450 g/mol. The normalized spacial score (nSPS) is 12.0. The molecule has 2 heterocycles. The molecule has 4 aromatic rings. The summed E-state index contributed by atoms with van der Waals surface area (Å²) in [7, 11) is 1.79. The molecular weight excluding hydrogens is 432 g/mol. The largest absolute Gasteiger partial charge is 0.334 e. The van der Waals surface area contributed by atoms with Crippen molar-refractivity contribution >= 4 is 21.8 Å². The van der Waals surface area contributed by atoms with Gasteiger partial charge in [0.15, 0.2) is 0 Å². The Morgan fingerprint density at radius 1 is 1.14 bits per heavy atom. The first-order valence-corrected chi connectivity index (χ1v) is 9.85. The summed E-state index contributed by atoms with van der Waals surface area (Å²) in [6.45, 7) is 1.99. The van der Waals surface area contributed by atoms with Crippen molar-refractivity contribution in [2.24, 2.45) is 0 Å². The summed E-state index contributed by atoms with van der Waals surface area (Å²) in [6.07, 6.45) is 3.14. The van der Waals surface area contributed by atoms with Crippen molar-refractivity contribution in [3.8, 4) is 16.9 Å². The summed E-state index contributed by atoms with van der Waals surface area (Å²) < 4.78 is 2.69. The van der Waals surface area contributed by atoms with Gasteiger partial charge >= 0.3 is 0 Å². The number of nitrogens with one attached hydrogen (secondary N) is 1. The molecule has 29 heavy (non-hydrogen) atoms. The molecular formula is C21H19BrN6O. The average molecular weight is 451 g/mol. The second-order valence-corrected chi connectivity index (χ2v) is 7.61. The maximum Gasteiger partial charge on any atom is 0.272 e. The van der Waals surface area contributed by atoms with E-state index in [-0.39, 0.29) is 11.9 Å². The lowest BCUT2D eigenvalue weighted by molar-refractivity contribution is 0.0736. The molecule has 1 N–H and O–H groups in total. The molecule has 0 saturated carbocycles. The zero-order chi connectivity index (χ0) is 20.4. The Balaban J connectivity index is 1.49. The van der Waals surface area contributed by atoms with Crippen molar-refractivity contribution in [2.75, 3.05) is 7.05 Å². The third-order valence-electron chi connectivity index (χ3n) is 4.91. The van der Waals surface area contributed by atoms with Crippen LogP contribution in [0.3, 0.4) is 0 Å². The maximum atomic E-state index is 12.9. The molecule has 4 rings (SSSR count). The van der Waals surface area contributed by atoms with Gasteiger partial charge in [-0.05, 0) is 42.8 Å². The van der Waals surface area contributed by atoms with E-state index in [9.17, 15) is 4.79 Å². The number of amides is 1. The molecule has 0 aliphatic carbocycles. The van der Waals surface area contributed by atoms with E-state index in [4.69, 9.17) is 0 Å². The Hall–Kier alpha value is -3.26. The van der Waals surface area contributed by atoms with Gasteiger partial charge in [-0.3, -0.25) is 9.89 Å². The fraction of sp³-hybridized carbons (Fsp3) is 0.143. The van der Waals surface area contributed by atoms with E-state index in [2.05, 4.69) is 36.2 Å². The van der Waals surface area contributed by atoms with Crippen molar-refractivity contribution in [1.82, 2.24) is 29.9 Å². The lowest BCUT2D eigenvalue weighted by atomic mass is 10.1. The number of nitrogens with zero attached hydrogens (tertiary/aromatic N) is 5.